The van der Waals surface area contributed by atoms with Crippen LogP contribution in [-0.4, -0.2) is 16.5 Å². The molecule has 0 unspecified atom stereocenters. The number of hydrogen-bond acceptors (Lipinski definition) is 2. The number of nitrogens with one attached hydrogen (secondary N) is 2. The molecule has 0 atom stereocenters. The summed E-state index contributed by atoms with van der Waals surface area (Å²) in [5.74, 6) is 0.692. The van der Waals surface area contributed by atoms with E-state index in [9.17, 15) is 4.39 Å². The number of nitrogens with zero attached hydrogens (tertiary/aromatic N) is 1. The third-order valence-corrected chi connectivity index (χ3v) is 2.77. The molecule has 2 rings (SSSR count). The number of H-pyrrole nitrogens is 1. The Kier molecular flexibility index (Phi) is 4.10. The smallest absolute Gasteiger partial charge is 0.123 e. The summed E-state index contributed by atoms with van der Waals surface area (Å²) in [6.45, 7) is 5.82. The van der Waals surface area contributed by atoms with Crippen LogP contribution in [0.1, 0.15) is 24.9 Å². The van der Waals surface area contributed by atoms with Crippen molar-refractivity contribution in [3.63, 3.8) is 0 Å². The van der Waals surface area contributed by atoms with Gasteiger partial charge >= 0.3 is 0 Å². The summed E-state index contributed by atoms with van der Waals surface area (Å²) in [4.78, 5) is 7.79. The molecule has 0 amide bonds. The van der Waals surface area contributed by atoms with Crippen LogP contribution >= 0.6 is 0 Å². The molecular weight excluding hydrogens is 229 g/mol. The fourth-order valence-corrected chi connectivity index (χ4v) is 1.88. The van der Waals surface area contributed by atoms with Gasteiger partial charge in [-0.15, -0.1) is 0 Å². The van der Waals surface area contributed by atoms with Crippen LogP contribution in [0.15, 0.2) is 24.3 Å². The molecule has 3 nitrogen and oxygen atoms in total. The van der Waals surface area contributed by atoms with Gasteiger partial charge in [-0.25, -0.2) is 9.37 Å². The Balaban J connectivity index is 2.16. The van der Waals surface area contributed by atoms with Crippen molar-refractivity contribution in [1.82, 2.24) is 15.3 Å². The quantitative estimate of drug-likeness (QED) is 0.797. The van der Waals surface area contributed by atoms with E-state index in [1.54, 1.807) is 12.1 Å². The number of benzene rings is 1. The van der Waals surface area contributed by atoms with Crippen molar-refractivity contribution in [2.45, 2.75) is 26.8 Å². The molecule has 96 valence electrons. The molecule has 0 aliphatic rings. The van der Waals surface area contributed by atoms with E-state index >= 15 is 0 Å². The Labute approximate surface area is 106 Å². The average Bonchev–Trinajstić information content (AvgIpc) is 2.72. The topological polar surface area (TPSA) is 40.7 Å². The second-order valence-corrected chi connectivity index (χ2v) is 4.34. The van der Waals surface area contributed by atoms with Gasteiger partial charge in [0.25, 0.3) is 0 Å². The van der Waals surface area contributed by atoms with E-state index in [1.807, 2.05) is 6.92 Å². The van der Waals surface area contributed by atoms with E-state index in [1.165, 1.54) is 12.1 Å². The van der Waals surface area contributed by atoms with Crippen molar-refractivity contribution < 1.29 is 4.39 Å². The number of imidazole rings is 1. The van der Waals surface area contributed by atoms with Gasteiger partial charge in [0.05, 0.1) is 12.2 Å². The maximum Gasteiger partial charge on any atom is 0.123 e. The van der Waals surface area contributed by atoms with Gasteiger partial charge in [0.2, 0.25) is 0 Å². The zero-order valence-electron chi connectivity index (χ0n) is 10.8. The molecule has 1 aromatic heterocycles. The third-order valence-electron chi connectivity index (χ3n) is 2.77. The highest BCUT2D eigenvalue weighted by atomic mass is 19.1. The molecule has 1 aromatic carbocycles. The highest BCUT2D eigenvalue weighted by molar-refractivity contribution is 5.61. The van der Waals surface area contributed by atoms with Gasteiger partial charge in [-0.1, -0.05) is 6.92 Å². The third kappa shape index (κ3) is 2.96. The van der Waals surface area contributed by atoms with E-state index < -0.39 is 0 Å². The average molecular weight is 247 g/mol. The zero-order chi connectivity index (χ0) is 13.0. The number of hydrogen-bond donors (Lipinski definition) is 2. The monoisotopic (exact) mass is 247 g/mol. The summed E-state index contributed by atoms with van der Waals surface area (Å²) in [6, 6.07) is 6.42. The van der Waals surface area contributed by atoms with Gasteiger partial charge in [0.1, 0.15) is 11.6 Å². The second kappa shape index (κ2) is 5.78. The van der Waals surface area contributed by atoms with Crippen LogP contribution in [0.3, 0.4) is 0 Å². The summed E-state index contributed by atoms with van der Waals surface area (Å²) in [7, 11) is 0. The molecule has 18 heavy (non-hydrogen) atoms. The molecule has 0 saturated carbocycles. The van der Waals surface area contributed by atoms with E-state index in [4.69, 9.17) is 0 Å². The van der Waals surface area contributed by atoms with Gasteiger partial charge < -0.3 is 10.3 Å². The molecule has 0 saturated heterocycles. The lowest BCUT2D eigenvalue weighted by molar-refractivity contribution is 0.628. The second-order valence-electron chi connectivity index (χ2n) is 4.34. The van der Waals surface area contributed by atoms with Crippen molar-refractivity contribution in [3.8, 4) is 11.3 Å². The largest absolute Gasteiger partial charge is 0.344 e. The Hall–Kier alpha value is -1.68. The SMILES string of the molecule is CCCNCc1nc(-c2ccc(F)cc2)c(C)[nH]1. The first-order valence-electron chi connectivity index (χ1n) is 6.23. The number of aryl methyl sites for hydroxylation is 1. The first-order valence-corrected chi connectivity index (χ1v) is 6.23. The predicted molar refractivity (Wildman–Crippen MR) is 70.7 cm³/mol. The molecule has 0 spiro atoms. The van der Waals surface area contributed by atoms with Crippen LogP contribution in [0.25, 0.3) is 11.3 Å². The summed E-state index contributed by atoms with van der Waals surface area (Å²) in [6.07, 6.45) is 1.10. The number of rotatable bonds is 5. The minimum absolute atomic E-state index is 0.225. The maximum atomic E-state index is 12.9. The minimum Gasteiger partial charge on any atom is -0.344 e. The summed E-state index contributed by atoms with van der Waals surface area (Å²) in [5, 5.41) is 3.30. The molecule has 0 fully saturated rings. The van der Waals surface area contributed by atoms with Crippen molar-refractivity contribution in [2.24, 2.45) is 0 Å². The lowest BCUT2D eigenvalue weighted by Gasteiger charge is -1.98. The molecule has 2 aromatic rings. The maximum absolute atomic E-state index is 12.9. The van der Waals surface area contributed by atoms with Gasteiger partial charge in [-0.05, 0) is 44.2 Å². The Morgan fingerprint density at radius 3 is 2.67 bits per heavy atom. The van der Waals surface area contributed by atoms with Crippen molar-refractivity contribution >= 4 is 0 Å². The highest BCUT2D eigenvalue weighted by Crippen LogP contribution is 2.21. The molecular formula is C14H18FN3. The standard InChI is InChI=1S/C14H18FN3/c1-3-8-16-9-13-17-10(2)14(18-13)11-4-6-12(15)7-5-11/h4-7,16H,3,8-9H2,1-2H3,(H,17,18). The van der Waals surface area contributed by atoms with Crippen LogP contribution < -0.4 is 5.32 Å². The fourth-order valence-electron chi connectivity index (χ4n) is 1.88. The molecule has 1 heterocycles. The van der Waals surface area contributed by atoms with E-state index in [2.05, 4.69) is 22.2 Å². The van der Waals surface area contributed by atoms with Gasteiger partial charge in [0.15, 0.2) is 0 Å². The molecule has 0 aliphatic carbocycles. The Morgan fingerprint density at radius 2 is 2.00 bits per heavy atom. The minimum atomic E-state index is -0.225. The molecule has 0 aliphatic heterocycles. The van der Waals surface area contributed by atoms with Crippen LogP contribution in [0.4, 0.5) is 4.39 Å². The highest BCUT2D eigenvalue weighted by Gasteiger charge is 2.08. The first kappa shape index (κ1) is 12.8. The van der Waals surface area contributed by atoms with Crippen LogP contribution in [-0.2, 0) is 6.54 Å². The van der Waals surface area contributed by atoms with Gasteiger partial charge in [-0.3, -0.25) is 0 Å². The lowest BCUT2D eigenvalue weighted by atomic mass is 10.1. The summed E-state index contributed by atoms with van der Waals surface area (Å²) in [5.41, 5.74) is 2.84. The van der Waals surface area contributed by atoms with Crippen molar-refractivity contribution in [2.75, 3.05) is 6.54 Å². The van der Waals surface area contributed by atoms with Crippen molar-refractivity contribution in [3.05, 3.63) is 41.6 Å². The fraction of sp³-hybridized carbons (Fsp3) is 0.357. The van der Waals surface area contributed by atoms with Crippen LogP contribution in [0, 0.1) is 12.7 Å². The first-order chi connectivity index (χ1) is 8.70. The predicted octanol–water partition coefficient (Wildman–Crippen LogP) is 3.02. The van der Waals surface area contributed by atoms with E-state index in [0.29, 0.717) is 0 Å². The zero-order valence-corrected chi connectivity index (χ0v) is 10.8. The van der Waals surface area contributed by atoms with Crippen LogP contribution in [0.5, 0.6) is 0 Å². The van der Waals surface area contributed by atoms with Gasteiger partial charge in [0, 0.05) is 11.3 Å². The lowest BCUT2D eigenvalue weighted by Crippen LogP contribution is -2.14. The van der Waals surface area contributed by atoms with Gasteiger partial charge in [-0.2, -0.15) is 0 Å². The number of halogens is 1. The van der Waals surface area contributed by atoms with Crippen LogP contribution in [0.2, 0.25) is 0 Å². The Morgan fingerprint density at radius 1 is 1.28 bits per heavy atom. The molecule has 2 N–H and O–H groups in total. The Bertz CT molecular complexity index is 502. The summed E-state index contributed by atoms with van der Waals surface area (Å²) < 4.78 is 12.9. The van der Waals surface area contributed by atoms with Crippen molar-refractivity contribution in [1.29, 1.82) is 0 Å². The molecule has 4 heteroatoms. The summed E-state index contributed by atoms with van der Waals surface area (Å²) >= 11 is 0. The number of aromatic nitrogens is 2. The number of aromatic amines is 1. The normalized spacial score (nSPS) is 10.8. The molecule has 0 bridgehead atoms. The molecule has 0 radical (unpaired) electrons. The van der Waals surface area contributed by atoms with E-state index in [-0.39, 0.29) is 5.82 Å². The van der Waals surface area contributed by atoms with E-state index in [0.717, 1.165) is 42.3 Å².